The number of carboxylic acid groups (broad SMARTS) is 1. The SMILES string of the molecule is O=C(O)c1ncoc1C1CCCN(C(=O)CC2CSCCS2)C1. The highest BCUT2D eigenvalue weighted by atomic mass is 32.2. The Hall–Kier alpha value is -1.15. The summed E-state index contributed by atoms with van der Waals surface area (Å²) in [4.78, 5) is 29.4. The summed E-state index contributed by atoms with van der Waals surface area (Å²) in [5.74, 6) is 2.75. The maximum absolute atomic E-state index is 12.5. The van der Waals surface area contributed by atoms with Gasteiger partial charge in [-0.25, -0.2) is 9.78 Å². The van der Waals surface area contributed by atoms with Crippen molar-refractivity contribution in [3.05, 3.63) is 17.8 Å². The van der Waals surface area contributed by atoms with E-state index in [9.17, 15) is 9.59 Å². The highest BCUT2D eigenvalue weighted by molar-refractivity contribution is 8.06. The Morgan fingerprint density at radius 3 is 3.04 bits per heavy atom. The van der Waals surface area contributed by atoms with E-state index < -0.39 is 5.97 Å². The van der Waals surface area contributed by atoms with Gasteiger partial charge in [0.2, 0.25) is 5.91 Å². The van der Waals surface area contributed by atoms with Crippen molar-refractivity contribution in [1.29, 1.82) is 0 Å². The summed E-state index contributed by atoms with van der Waals surface area (Å²) in [6.45, 7) is 1.27. The van der Waals surface area contributed by atoms with Crippen LogP contribution in [0.5, 0.6) is 0 Å². The first-order chi connectivity index (χ1) is 11.1. The van der Waals surface area contributed by atoms with Gasteiger partial charge >= 0.3 is 5.97 Å². The zero-order chi connectivity index (χ0) is 16.2. The maximum atomic E-state index is 12.5. The van der Waals surface area contributed by atoms with E-state index in [1.807, 2.05) is 28.4 Å². The predicted octanol–water partition coefficient (Wildman–Crippen LogP) is 2.32. The van der Waals surface area contributed by atoms with Crippen molar-refractivity contribution in [1.82, 2.24) is 9.88 Å². The Morgan fingerprint density at radius 1 is 1.43 bits per heavy atom. The van der Waals surface area contributed by atoms with Crippen LogP contribution >= 0.6 is 23.5 Å². The third-order valence-electron chi connectivity index (χ3n) is 4.23. The minimum absolute atomic E-state index is 0.0245. The quantitative estimate of drug-likeness (QED) is 0.886. The molecular formula is C15H20N2O4S2. The van der Waals surface area contributed by atoms with Crippen molar-refractivity contribution < 1.29 is 19.1 Å². The molecule has 2 fully saturated rings. The average molecular weight is 356 g/mol. The van der Waals surface area contributed by atoms with Gasteiger partial charge in [0.25, 0.3) is 0 Å². The van der Waals surface area contributed by atoms with Crippen LogP contribution in [0.15, 0.2) is 10.8 Å². The summed E-state index contributed by atoms with van der Waals surface area (Å²) < 4.78 is 5.31. The maximum Gasteiger partial charge on any atom is 0.358 e. The van der Waals surface area contributed by atoms with Crippen molar-refractivity contribution in [2.24, 2.45) is 0 Å². The lowest BCUT2D eigenvalue weighted by Crippen LogP contribution is -2.40. The van der Waals surface area contributed by atoms with E-state index in [1.165, 1.54) is 12.1 Å². The molecule has 0 aliphatic carbocycles. The number of nitrogens with zero attached hydrogens (tertiary/aromatic N) is 2. The van der Waals surface area contributed by atoms with Crippen molar-refractivity contribution in [2.75, 3.05) is 30.3 Å². The first-order valence-electron chi connectivity index (χ1n) is 7.79. The molecule has 2 unspecified atom stereocenters. The van der Waals surface area contributed by atoms with E-state index in [-0.39, 0.29) is 17.5 Å². The van der Waals surface area contributed by atoms with Gasteiger partial charge in [0.05, 0.1) is 0 Å². The van der Waals surface area contributed by atoms with E-state index >= 15 is 0 Å². The molecule has 1 aromatic heterocycles. The molecule has 0 bridgehead atoms. The first-order valence-corrected chi connectivity index (χ1v) is 9.99. The number of rotatable bonds is 4. The number of amides is 1. The largest absolute Gasteiger partial charge is 0.476 e. The molecule has 1 aromatic rings. The first kappa shape index (κ1) is 16.7. The van der Waals surface area contributed by atoms with E-state index in [2.05, 4.69) is 4.98 Å². The van der Waals surface area contributed by atoms with Gasteiger partial charge < -0.3 is 14.4 Å². The number of oxazole rings is 1. The fourth-order valence-corrected chi connectivity index (χ4v) is 5.77. The van der Waals surface area contributed by atoms with Gasteiger partial charge in [0, 0.05) is 47.9 Å². The van der Waals surface area contributed by atoms with E-state index in [0.29, 0.717) is 24.0 Å². The fraction of sp³-hybridized carbons (Fsp3) is 0.667. The number of aromatic nitrogens is 1. The summed E-state index contributed by atoms with van der Waals surface area (Å²) >= 11 is 3.80. The number of thioether (sulfide) groups is 2. The second-order valence-corrected chi connectivity index (χ2v) is 8.38. The number of piperidine rings is 1. The number of likely N-dealkylation sites (tertiary alicyclic amines) is 1. The molecule has 8 heteroatoms. The second kappa shape index (κ2) is 7.61. The molecule has 3 heterocycles. The topological polar surface area (TPSA) is 83.6 Å². The molecule has 0 spiro atoms. The van der Waals surface area contributed by atoms with Gasteiger partial charge in [0.15, 0.2) is 12.1 Å². The number of carbonyl (C=O) groups excluding carboxylic acids is 1. The van der Waals surface area contributed by atoms with Crippen molar-refractivity contribution in [3.63, 3.8) is 0 Å². The summed E-state index contributed by atoms with van der Waals surface area (Å²) in [5.41, 5.74) is -0.0245. The molecule has 2 atom stereocenters. The Kier molecular flexibility index (Phi) is 5.53. The van der Waals surface area contributed by atoms with E-state index in [1.54, 1.807) is 0 Å². The Balaban J connectivity index is 1.62. The van der Waals surface area contributed by atoms with Gasteiger partial charge in [-0.2, -0.15) is 23.5 Å². The molecule has 3 rings (SSSR count). The van der Waals surface area contributed by atoms with Crippen molar-refractivity contribution in [2.45, 2.75) is 30.4 Å². The number of carbonyl (C=O) groups is 2. The molecule has 6 nitrogen and oxygen atoms in total. The van der Waals surface area contributed by atoms with Gasteiger partial charge in [-0.15, -0.1) is 0 Å². The third-order valence-corrected chi connectivity index (χ3v) is 7.07. The Morgan fingerprint density at radius 2 is 2.30 bits per heavy atom. The van der Waals surface area contributed by atoms with Crippen LogP contribution in [-0.2, 0) is 4.79 Å². The van der Waals surface area contributed by atoms with E-state index in [0.717, 1.165) is 30.9 Å². The van der Waals surface area contributed by atoms with Crippen LogP contribution in [0.1, 0.15) is 41.4 Å². The van der Waals surface area contributed by atoms with Crippen LogP contribution < -0.4 is 0 Å². The Bertz CT molecular complexity index is 572. The predicted molar refractivity (Wildman–Crippen MR) is 90.2 cm³/mol. The molecule has 23 heavy (non-hydrogen) atoms. The molecule has 1 N–H and O–H groups in total. The standard InChI is InChI=1S/C15H20N2O4S2/c18-12(6-11-8-22-4-5-23-11)17-3-1-2-10(7-17)14-13(15(19)20)16-9-21-14/h9-11H,1-8H2,(H,19,20). The molecule has 1 amide bonds. The molecule has 0 radical (unpaired) electrons. The average Bonchev–Trinajstić information content (AvgIpc) is 3.06. The number of hydrogen-bond acceptors (Lipinski definition) is 6. The lowest BCUT2D eigenvalue weighted by atomic mass is 9.94. The zero-order valence-corrected chi connectivity index (χ0v) is 14.4. The van der Waals surface area contributed by atoms with Gasteiger partial charge in [-0.05, 0) is 12.8 Å². The molecular weight excluding hydrogens is 336 g/mol. The second-order valence-electron chi connectivity index (χ2n) is 5.82. The monoisotopic (exact) mass is 356 g/mol. The van der Waals surface area contributed by atoms with Crippen molar-refractivity contribution >= 4 is 35.4 Å². The van der Waals surface area contributed by atoms with Crippen LogP contribution in [0.25, 0.3) is 0 Å². The Labute approximate surface area is 143 Å². The normalized spacial score (nSPS) is 25.3. The van der Waals surface area contributed by atoms with Crippen molar-refractivity contribution in [3.8, 4) is 0 Å². The van der Waals surface area contributed by atoms with E-state index in [4.69, 9.17) is 9.52 Å². The minimum atomic E-state index is -1.08. The summed E-state index contributed by atoms with van der Waals surface area (Å²) in [7, 11) is 0. The summed E-state index contributed by atoms with van der Waals surface area (Å²) in [5, 5.41) is 9.57. The molecule has 2 aliphatic rings. The lowest BCUT2D eigenvalue weighted by Gasteiger charge is -2.33. The highest BCUT2D eigenvalue weighted by Crippen LogP contribution is 2.31. The number of hydrogen-bond donors (Lipinski definition) is 1. The lowest BCUT2D eigenvalue weighted by molar-refractivity contribution is -0.132. The van der Waals surface area contributed by atoms with Crippen LogP contribution in [0.2, 0.25) is 0 Å². The fourth-order valence-electron chi connectivity index (χ4n) is 3.10. The van der Waals surface area contributed by atoms with Crippen LogP contribution in [0.4, 0.5) is 0 Å². The molecule has 0 aromatic carbocycles. The van der Waals surface area contributed by atoms with Crippen LogP contribution in [0, 0.1) is 0 Å². The third kappa shape index (κ3) is 4.03. The summed E-state index contributed by atoms with van der Waals surface area (Å²) in [6, 6.07) is 0. The molecule has 126 valence electrons. The number of aromatic carboxylic acids is 1. The molecule has 0 saturated carbocycles. The molecule has 2 aliphatic heterocycles. The number of carboxylic acids is 1. The van der Waals surface area contributed by atoms with Crippen LogP contribution in [-0.4, -0.2) is 62.5 Å². The van der Waals surface area contributed by atoms with Crippen LogP contribution in [0.3, 0.4) is 0 Å². The highest BCUT2D eigenvalue weighted by Gasteiger charge is 2.31. The molecule has 2 saturated heterocycles. The summed E-state index contributed by atoms with van der Waals surface area (Å²) in [6.07, 6.45) is 3.44. The smallest absolute Gasteiger partial charge is 0.358 e. The van der Waals surface area contributed by atoms with Gasteiger partial charge in [-0.3, -0.25) is 4.79 Å². The zero-order valence-electron chi connectivity index (χ0n) is 12.8. The minimum Gasteiger partial charge on any atom is -0.476 e. The van der Waals surface area contributed by atoms with Gasteiger partial charge in [0.1, 0.15) is 5.76 Å². The van der Waals surface area contributed by atoms with Gasteiger partial charge in [-0.1, -0.05) is 0 Å².